The lowest BCUT2D eigenvalue weighted by Crippen LogP contribution is -2.46. The maximum atomic E-state index is 10.4. The summed E-state index contributed by atoms with van der Waals surface area (Å²) in [7, 11) is -2.56. The number of hydrogen-bond acceptors (Lipinski definition) is 5. The van der Waals surface area contributed by atoms with E-state index in [0.717, 1.165) is 24.6 Å². The van der Waals surface area contributed by atoms with Crippen LogP contribution in [0.25, 0.3) is 0 Å². The van der Waals surface area contributed by atoms with Gasteiger partial charge in [-0.1, -0.05) is 30.3 Å². The first-order chi connectivity index (χ1) is 11.6. The molecule has 2 atom stereocenters. The molecule has 6 heteroatoms. The van der Waals surface area contributed by atoms with Crippen molar-refractivity contribution in [3.63, 3.8) is 0 Å². The summed E-state index contributed by atoms with van der Waals surface area (Å²) in [5, 5.41) is 13.8. The summed E-state index contributed by atoms with van der Waals surface area (Å²) >= 11 is 0. The van der Waals surface area contributed by atoms with Crippen molar-refractivity contribution in [1.82, 2.24) is 5.32 Å². The van der Waals surface area contributed by atoms with Gasteiger partial charge in [-0.15, -0.1) is 0 Å². The SMILES string of the molecule is CCO[Si](CCCN[C@@H](C)[C@H](O)c1ccccc1)(OCC)OCC. The van der Waals surface area contributed by atoms with E-state index in [-0.39, 0.29) is 6.04 Å². The quantitative estimate of drug-likeness (QED) is 0.420. The molecule has 138 valence electrons. The van der Waals surface area contributed by atoms with Gasteiger partial charge in [0.1, 0.15) is 0 Å². The molecule has 2 N–H and O–H groups in total. The van der Waals surface area contributed by atoms with E-state index in [2.05, 4.69) is 5.32 Å². The lowest BCUT2D eigenvalue weighted by molar-refractivity contribution is 0.0705. The van der Waals surface area contributed by atoms with E-state index < -0.39 is 14.9 Å². The van der Waals surface area contributed by atoms with E-state index in [0.29, 0.717) is 19.8 Å². The Bertz CT molecular complexity index is 415. The van der Waals surface area contributed by atoms with Crippen molar-refractivity contribution in [3.8, 4) is 0 Å². The van der Waals surface area contributed by atoms with E-state index >= 15 is 0 Å². The molecule has 0 amide bonds. The zero-order valence-electron chi connectivity index (χ0n) is 15.5. The molecule has 5 nitrogen and oxygen atoms in total. The normalized spacial score (nSPS) is 14.5. The maximum absolute atomic E-state index is 10.4. The molecule has 0 unspecified atom stereocenters. The van der Waals surface area contributed by atoms with Crippen molar-refractivity contribution in [3.05, 3.63) is 35.9 Å². The Morgan fingerprint density at radius 1 is 1.00 bits per heavy atom. The summed E-state index contributed by atoms with van der Waals surface area (Å²) in [5.41, 5.74) is 0.930. The fourth-order valence-electron chi connectivity index (χ4n) is 2.69. The third-order valence-corrected chi connectivity index (χ3v) is 6.98. The van der Waals surface area contributed by atoms with Gasteiger partial charge in [0.2, 0.25) is 0 Å². The molecule has 0 fully saturated rings. The smallest absolute Gasteiger partial charge is 0.387 e. The van der Waals surface area contributed by atoms with Crippen LogP contribution >= 0.6 is 0 Å². The lowest BCUT2D eigenvalue weighted by Gasteiger charge is -2.29. The van der Waals surface area contributed by atoms with Crippen molar-refractivity contribution < 1.29 is 18.4 Å². The molecule has 0 saturated heterocycles. The summed E-state index contributed by atoms with van der Waals surface area (Å²) in [6.45, 7) is 10.5. The number of rotatable bonds is 13. The van der Waals surface area contributed by atoms with Gasteiger partial charge in [-0.25, -0.2) is 0 Å². The summed E-state index contributed by atoms with van der Waals surface area (Å²) in [5.74, 6) is 0. The fourth-order valence-corrected chi connectivity index (χ4v) is 5.30. The molecule has 0 aliphatic rings. The zero-order valence-corrected chi connectivity index (χ0v) is 16.5. The van der Waals surface area contributed by atoms with Crippen LogP contribution in [0, 0.1) is 0 Å². The predicted molar refractivity (Wildman–Crippen MR) is 98.9 cm³/mol. The van der Waals surface area contributed by atoms with Crippen molar-refractivity contribution in [2.75, 3.05) is 26.4 Å². The van der Waals surface area contributed by atoms with Crippen LogP contribution in [0.5, 0.6) is 0 Å². The van der Waals surface area contributed by atoms with Gasteiger partial charge in [-0.2, -0.15) is 0 Å². The number of aliphatic hydroxyl groups excluding tert-OH is 1. The molecule has 0 heterocycles. The van der Waals surface area contributed by atoms with Crippen molar-refractivity contribution >= 4 is 8.80 Å². The summed E-state index contributed by atoms with van der Waals surface area (Å²) in [6, 6.07) is 10.5. The Hall–Kier alpha value is -0.763. The molecule has 0 radical (unpaired) electrons. The van der Waals surface area contributed by atoms with Crippen LogP contribution in [0.3, 0.4) is 0 Å². The highest BCUT2D eigenvalue weighted by Gasteiger charge is 2.39. The minimum atomic E-state index is -2.56. The van der Waals surface area contributed by atoms with Gasteiger partial charge in [0.25, 0.3) is 0 Å². The van der Waals surface area contributed by atoms with Crippen molar-refractivity contribution in [2.45, 2.75) is 52.3 Å². The summed E-state index contributed by atoms with van der Waals surface area (Å²) in [6.07, 6.45) is 0.372. The fraction of sp³-hybridized carbons (Fsp3) is 0.667. The molecule has 0 spiro atoms. The van der Waals surface area contributed by atoms with Gasteiger partial charge in [0, 0.05) is 31.9 Å². The number of nitrogens with one attached hydrogen (secondary N) is 1. The molecule has 1 aromatic rings. The molecular formula is C18H33NO4Si. The second-order valence-electron chi connectivity index (χ2n) is 5.68. The van der Waals surface area contributed by atoms with Crippen molar-refractivity contribution in [2.24, 2.45) is 0 Å². The topological polar surface area (TPSA) is 60.0 Å². The van der Waals surface area contributed by atoms with Crippen LogP contribution in [0.15, 0.2) is 30.3 Å². The molecule has 1 aromatic carbocycles. The summed E-state index contributed by atoms with van der Waals surface area (Å²) < 4.78 is 17.6. The van der Waals surface area contributed by atoms with E-state index in [1.807, 2.05) is 58.0 Å². The van der Waals surface area contributed by atoms with E-state index in [1.165, 1.54) is 0 Å². The predicted octanol–water partition coefficient (Wildman–Crippen LogP) is 3.14. The standard InChI is InChI=1S/C18H33NO4Si/c1-5-21-24(22-6-2,23-7-3)15-11-14-19-16(4)18(20)17-12-9-8-10-13-17/h8-10,12-13,16,18-20H,5-7,11,14-15H2,1-4H3/t16-,18-/m0/s1. The largest absolute Gasteiger partial charge is 0.500 e. The highest BCUT2D eigenvalue weighted by atomic mass is 28.4. The molecule has 0 saturated carbocycles. The average molecular weight is 356 g/mol. The zero-order chi connectivity index (χ0) is 17.8. The van der Waals surface area contributed by atoms with Gasteiger partial charge in [0.15, 0.2) is 0 Å². The third kappa shape index (κ3) is 7.00. The number of aliphatic hydroxyl groups is 1. The highest BCUT2D eigenvalue weighted by molar-refractivity contribution is 6.60. The van der Waals surface area contributed by atoms with Crippen LogP contribution in [-0.4, -0.2) is 46.3 Å². The van der Waals surface area contributed by atoms with Gasteiger partial charge >= 0.3 is 8.80 Å². The van der Waals surface area contributed by atoms with E-state index in [9.17, 15) is 5.11 Å². The van der Waals surface area contributed by atoms with Gasteiger partial charge in [0.05, 0.1) is 6.10 Å². The third-order valence-electron chi connectivity index (χ3n) is 3.83. The molecular weight excluding hydrogens is 322 g/mol. The number of hydrogen-bond donors (Lipinski definition) is 2. The van der Waals surface area contributed by atoms with Gasteiger partial charge in [-0.3, -0.25) is 0 Å². The molecule has 24 heavy (non-hydrogen) atoms. The van der Waals surface area contributed by atoms with E-state index in [1.54, 1.807) is 0 Å². The second-order valence-corrected chi connectivity index (χ2v) is 8.42. The van der Waals surface area contributed by atoms with Crippen LogP contribution in [0.4, 0.5) is 0 Å². The second kappa shape index (κ2) is 11.7. The van der Waals surface area contributed by atoms with E-state index in [4.69, 9.17) is 13.3 Å². The lowest BCUT2D eigenvalue weighted by atomic mass is 10.0. The van der Waals surface area contributed by atoms with Gasteiger partial charge in [-0.05, 0) is 46.2 Å². The van der Waals surface area contributed by atoms with Crippen LogP contribution in [0.2, 0.25) is 6.04 Å². The molecule has 0 bridgehead atoms. The number of benzene rings is 1. The monoisotopic (exact) mass is 355 g/mol. The summed E-state index contributed by atoms with van der Waals surface area (Å²) in [4.78, 5) is 0. The Kier molecular flexibility index (Phi) is 10.4. The Labute approximate surface area is 147 Å². The Morgan fingerprint density at radius 3 is 2.04 bits per heavy atom. The minimum absolute atomic E-state index is 0.0188. The Balaban J connectivity index is 2.44. The highest BCUT2D eigenvalue weighted by Crippen LogP contribution is 2.19. The molecule has 1 rings (SSSR count). The molecule has 0 aromatic heterocycles. The molecule has 0 aliphatic carbocycles. The van der Waals surface area contributed by atoms with Crippen molar-refractivity contribution in [1.29, 1.82) is 0 Å². The first kappa shape index (κ1) is 21.3. The molecule has 0 aliphatic heterocycles. The minimum Gasteiger partial charge on any atom is -0.387 e. The first-order valence-corrected chi connectivity index (χ1v) is 10.9. The van der Waals surface area contributed by atoms with Crippen LogP contribution in [0.1, 0.15) is 45.8 Å². The first-order valence-electron chi connectivity index (χ1n) is 8.96. The van der Waals surface area contributed by atoms with Crippen LogP contribution < -0.4 is 5.32 Å². The maximum Gasteiger partial charge on any atom is 0.500 e. The Morgan fingerprint density at radius 2 is 1.54 bits per heavy atom. The van der Waals surface area contributed by atoms with Gasteiger partial charge < -0.3 is 23.7 Å². The van der Waals surface area contributed by atoms with Crippen LogP contribution in [-0.2, 0) is 13.3 Å². The average Bonchev–Trinajstić information content (AvgIpc) is 2.59.